The number of ketones is 1. The van der Waals surface area contributed by atoms with E-state index in [2.05, 4.69) is 15.9 Å². The third kappa shape index (κ3) is 2.64. The van der Waals surface area contributed by atoms with Crippen molar-refractivity contribution in [3.63, 3.8) is 0 Å². The molecule has 0 amide bonds. The van der Waals surface area contributed by atoms with Crippen LogP contribution in [-0.2, 0) is 11.0 Å². The topological polar surface area (TPSA) is 17.1 Å². The number of halogens is 4. The maximum atomic E-state index is 12.8. The highest BCUT2D eigenvalue weighted by atomic mass is 79.9. The maximum absolute atomic E-state index is 12.8. The third-order valence-electron chi connectivity index (χ3n) is 2.22. The lowest BCUT2D eigenvalue weighted by molar-refractivity contribution is -0.138. The van der Waals surface area contributed by atoms with E-state index in [4.69, 9.17) is 0 Å². The smallest absolute Gasteiger partial charge is 0.298 e. The SMILES string of the molecule is CC(=O)C(Br)c1cccc(C)c1C(F)(F)F. The summed E-state index contributed by atoms with van der Waals surface area (Å²) in [6.07, 6.45) is -4.44. The second-order valence-electron chi connectivity index (χ2n) is 3.51. The number of carbonyl (C=O) groups is 1. The van der Waals surface area contributed by atoms with E-state index in [0.717, 1.165) is 0 Å². The van der Waals surface area contributed by atoms with Gasteiger partial charge in [0.2, 0.25) is 0 Å². The van der Waals surface area contributed by atoms with Crippen LogP contribution < -0.4 is 0 Å². The average Bonchev–Trinajstić information content (AvgIpc) is 2.14. The van der Waals surface area contributed by atoms with E-state index in [1.807, 2.05) is 0 Å². The fourth-order valence-electron chi connectivity index (χ4n) is 1.51. The molecule has 0 saturated carbocycles. The maximum Gasteiger partial charge on any atom is 0.416 e. The van der Waals surface area contributed by atoms with Gasteiger partial charge in [-0.3, -0.25) is 4.79 Å². The van der Waals surface area contributed by atoms with Crippen molar-refractivity contribution in [2.45, 2.75) is 24.9 Å². The zero-order valence-corrected chi connectivity index (χ0v) is 10.3. The van der Waals surface area contributed by atoms with E-state index in [1.165, 1.54) is 32.0 Å². The molecule has 0 aliphatic carbocycles. The van der Waals surface area contributed by atoms with Crippen molar-refractivity contribution < 1.29 is 18.0 Å². The summed E-state index contributed by atoms with van der Waals surface area (Å²) in [6.45, 7) is 2.63. The summed E-state index contributed by atoms with van der Waals surface area (Å²) in [5.74, 6) is -0.351. The van der Waals surface area contributed by atoms with Crippen molar-refractivity contribution in [3.05, 3.63) is 34.9 Å². The Labute approximate surface area is 99.8 Å². The minimum absolute atomic E-state index is 0.0278. The quantitative estimate of drug-likeness (QED) is 0.753. The summed E-state index contributed by atoms with van der Waals surface area (Å²) < 4.78 is 38.4. The Morgan fingerprint density at radius 3 is 2.38 bits per heavy atom. The molecule has 0 N–H and O–H groups in total. The number of carbonyl (C=O) groups excluding carboxylic acids is 1. The summed E-state index contributed by atoms with van der Waals surface area (Å²) >= 11 is 2.98. The highest BCUT2D eigenvalue weighted by Gasteiger charge is 2.37. The monoisotopic (exact) mass is 294 g/mol. The molecule has 0 fully saturated rings. The van der Waals surface area contributed by atoms with Crippen LogP contribution in [0, 0.1) is 6.92 Å². The predicted molar refractivity (Wildman–Crippen MR) is 58.5 cm³/mol. The fraction of sp³-hybridized carbons (Fsp3) is 0.364. The average molecular weight is 295 g/mol. The summed E-state index contributed by atoms with van der Waals surface area (Å²) in [5.41, 5.74) is -0.636. The largest absolute Gasteiger partial charge is 0.416 e. The molecule has 0 radical (unpaired) electrons. The van der Waals surface area contributed by atoms with Crippen LogP contribution in [0.1, 0.15) is 28.4 Å². The standard InChI is InChI=1S/C11H10BrF3O/c1-6-4-3-5-8(10(12)7(2)16)9(6)11(13,14)15/h3-5,10H,1-2H3. The van der Waals surface area contributed by atoms with Gasteiger partial charge in [0, 0.05) is 0 Å². The van der Waals surface area contributed by atoms with E-state index < -0.39 is 16.6 Å². The second-order valence-corrected chi connectivity index (χ2v) is 4.43. The lowest BCUT2D eigenvalue weighted by atomic mass is 9.98. The van der Waals surface area contributed by atoms with Crippen LogP contribution in [0.25, 0.3) is 0 Å². The zero-order valence-electron chi connectivity index (χ0n) is 8.73. The minimum atomic E-state index is -4.44. The molecule has 0 aromatic heterocycles. The molecular weight excluding hydrogens is 285 g/mol. The molecule has 0 bridgehead atoms. The van der Waals surface area contributed by atoms with E-state index >= 15 is 0 Å². The van der Waals surface area contributed by atoms with E-state index in [-0.39, 0.29) is 16.9 Å². The van der Waals surface area contributed by atoms with Crippen LogP contribution in [0.2, 0.25) is 0 Å². The third-order valence-corrected chi connectivity index (χ3v) is 3.36. The van der Waals surface area contributed by atoms with Crippen molar-refractivity contribution in [3.8, 4) is 0 Å². The molecule has 1 unspecified atom stereocenters. The van der Waals surface area contributed by atoms with Gasteiger partial charge in [0.05, 0.1) is 10.4 Å². The molecule has 0 saturated heterocycles. The summed E-state index contributed by atoms with van der Waals surface area (Å²) in [4.78, 5) is 10.2. The predicted octanol–water partition coefficient (Wildman–Crippen LogP) is 4.04. The summed E-state index contributed by atoms with van der Waals surface area (Å²) in [7, 11) is 0. The molecule has 1 nitrogen and oxygen atoms in total. The molecule has 0 aliphatic heterocycles. The van der Waals surface area contributed by atoms with E-state index in [9.17, 15) is 18.0 Å². The lowest BCUT2D eigenvalue weighted by Crippen LogP contribution is -2.14. The van der Waals surface area contributed by atoms with Crippen LogP contribution in [0.5, 0.6) is 0 Å². The van der Waals surface area contributed by atoms with E-state index in [0.29, 0.717) is 0 Å². The Bertz CT molecular complexity index is 412. The number of benzene rings is 1. The molecule has 16 heavy (non-hydrogen) atoms. The zero-order chi connectivity index (χ0) is 12.5. The van der Waals surface area contributed by atoms with Gasteiger partial charge < -0.3 is 0 Å². The van der Waals surface area contributed by atoms with Gasteiger partial charge in [-0.1, -0.05) is 34.1 Å². The summed E-state index contributed by atoms with van der Waals surface area (Å²) in [5, 5.41) is 0. The van der Waals surface area contributed by atoms with Crippen LogP contribution in [0.4, 0.5) is 13.2 Å². The molecule has 1 atom stereocenters. The summed E-state index contributed by atoms with van der Waals surface area (Å²) in [6, 6.07) is 4.21. The first-order valence-electron chi connectivity index (χ1n) is 4.56. The Hall–Kier alpha value is -0.840. The van der Waals surface area contributed by atoms with Gasteiger partial charge in [0.25, 0.3) is 0 Å². The molecule has 1 aromatic rings. The second kappa shape index (κ2) is 4.57. The van der Waals surface area contributed by atoms with Crippen LogP contribution in [-0.4, -0.2) is 5.78 Å². The normalized spacial score (nSPS) is 13.6. The van der Waals surface area contributed by atoms with Crippen LogP contribution in [0.15, 0.2) is 18.2 Å². The van der Waals surface area contributed by atoms with Crippen LogP contribution >= 0.6 is 15.9 Å². The molecular formula is C11H10BrF3O. The van der Waals surface area contributed by atoms with Crippen LogP contribution in [0.3, 0.4) is 0 Å². The van der Waals surface area contributed by atoms with Gasteiger partial charge >= 0.3 is 6.18 Å². The van der Waals surface area contributed by atoms with Gasteiger partial charge in [-0.2, -0.15) is 13.2 Å². The van der Waals surface area contributed by atoms with Gasteiger partial charge in [-0.15, -0.1) is 0 Å². The molecule has 0 spiro atoms. The molecule has 88 valence electrons. The molecule has 0 heterocycles. The Morgan fingerprint density at radius 2 is 1.94 bits per heavy atom. The number of Topliss-reactive ketones (excluding diaryl/α,β-unsaturated/α-hetero) is 1. The lowest BCUT2D eigenvalue weighted by Gasteiger charge is -2.17. The molecule has 1 aromatic carbocycles. The van der Waals surface area contributed by atoms with Gasteiger partial charge in [0.1, 0.15) is 5.78 Å². The first-order chi connectivity index (χ1) is 7.25. The van der Waals surface area contributed by atoms with Crippen molar-refractivity contribution in [1.29, 1.82) is 0 Å². The van der Waals surface area contributed by atoms with Crippen molar-refractivity contribution in [2.75, 3.05) is 0 Å². The Morgan fingerprint density at radius 1 is 1.38 bits per heavy atom. The first kappa shape index (κ1) is 13.2. The number of rotatable bonds is 2. The van der Waals surface area contributed by atoms with Gasteiger partial charge in [0.15, 0.2) is 0 Å². The van der Waals surface area contributed by atoms with Crippen molar-refractivity contribution in [1.82, 2.24) is 0 Å². The molecule has 1 rings (SSSR count). The highest BCUT2D eigenvalue weighted by molar-refractivity contribution is 9.09. The number of hydrogen-bond donors (Lipinski definition) is 0. The minimum Gasteiger partial charge on any atom is -0.298 e. The number of alkyl halides is 4. The fourth-order valence-corrected chi connectivity index (χ4v) is 1.89. The van der Waals surface area contributed by atoms with Gasteiger partial charge in [-0.25, -0.2) is 0 Å². The highest BCUT2D eigenvalue weighted by Crippen LogP contribution is 2.39. The first-order valence-corrected chi connectivity index (χ1v) is 5.48. The van der Waals surface area contributed by atoms with Gasteiger partial charge in [-0.05, 0) is 25.0 Å². The van der Waals surface area contributed by atoms with Crippen molar-refractivity contribution >= 4 is 21.7 Å². The number of hydrogen-bond acceptors (Lipinski definition) is 1. The Kier molecular flexibility index (Phi) is 3.78. The van der Waals surface area contributed by atoms with E-state index in [1.54, 1.807) is 0 Å². The Balaban J connectivity index is 3.40. The molecule has 5 heteroatoms. The number of aryl methyl sites for hydroxylation is 1. The molecule has 0 aliphatic rings. The van der Waals surface area contributed by atoms with Crippen molar-refractivity contribution in [2.24, 2.45) is 0 Å².